The molecule has 0 aliphatic rings. The third-order valence-corrected chi connectivity index (χ3v) is 4.90. The molecule has 1 aromatic heterocycles. The van der Waals surface area contributed by atoms with Gasteiger partial charge in [0.25, 0.3) is 5.91 Å². The summed E-state index contributed by atoms with van der Waals surface area (Å²) in [4.78, 5) is 14.9. The number of aryl methyl sites for hydroxylation is 3. The van der Waals surface area contributed by atoms with Crippen LogP contribution in [0.15, 0.2) is 28.7 Å². The minimum atomic E-state index is -0.0485. The highest BCUT2D eigenvalue weighted by Crippen LogP contribution is 2.27. The van der Waals surface area contributed by atoms with Gasteiger partial charge in [-0.1, -0.05) is 6.07 Å². The maximum Gasteiger partial charge on any atom is 0.252 e. The molecule has 0 fully saturated rings. The number of rotatable bonds is 3. The summed E-state index contributed by atoms with van der Waals surface area (Å²) >= 11 is 5.22. The number of benzene rings is 1. The molecule has 1 aromatic carbocycles. The summed E-state index contributed by atoms with van der Waals surface area (Å²) in [5.41, 5.74) is 3.00. The Kier molecular flexibility index (Phi) is 4.66. The maximum absolute atomic E-state index is 12.3. The maximum atomic E-state index is 12.3. The molecule has 106 valence electrons. The van der Waals surface area contributed by atoms with Crippen molar-refractivity contribution in [1.29, 1.82) is 0 Å². The Balaban J connectivity index is 2.17. The molecule has 2 aromatic rings. The predicted molar refractivity (Wildman–Crippen MR) is 88.6 cm³/mol. The van der Waals surface area contributed by atoms with Gasteiger partial charge >= 0.3 is 0 Å². The molecule has 1 atom stereocenters. The van der Waals surface area contributed by atoms with Gasteiger partial charge in [-0.2, -0.15) is 0 Å². The first-order valence-electron chi connectivity index (χ1n) is 6.52. The molecule has 4 heteroatoms. The minimum absolute atomic E-state index is 0.0145. The first kappa shape index (κ1) is 15.3. The van der Waals surface area contributed by atoms with Gasteiger partial charge in [0.05, 0.1) is 11.6 Å². The van der Waals surface area contributed by atoms with Gasteiger partial charge in [0.2, 0.25) is 0 Å². The summed E-state index contributed by atoms with van der Waals surface area (Å²) in [5.74, 6) is -0.0485. The molecule has 0 radical (unpaired) electrons. The zero-order valence-corrected chi connectivity index (χ0v) is 14.5. The van der Waals surface area contributed by atoms with Crippen molar-refractivity contribution in [3.05, 3.63) is 55.2 Å². The standard InChI is InChI=1S/C16H18BrNOS/c1-9-5-6-13(15(17)7-9)16(19)18-11(3)14-8-10(2)20-12(14)4/h5-8,11H,1-4H3,(H,18,19). The quantitative estimate of drug-likeness (QED) is 0.834. The number of halogens is 1. The van der Waals surface area contributed by atoms with Crippen molar-refractivity contribution < 1.29 is 4.79 Å². The molecule has 0 bridgehead atoms. The van der Waals surface area contributed by atoms with Crippen molar-refractivity contribution in [2.75, 3.05) is 0 Å². The van der Waals surface area contributed by atoms with Crippen molar-refractivity contribution >= 4 is 33.2 Å². The van der Waals surface area contributed by atoms with E-state index in [4.69, 9.17) is 0 Å². The van der Waals surface area contributed by atoms with Crippen molar-refractivity contribution in [1.82, 2.24) is 5.32 Å². The van der Waals surface area contributed by atoms with Gasteiger partial charge in [-0.3, -0.25) is 4.79 Å². The molecule has 1 heterocycles. The number of hydrogen-bond donors (Lipinski definition) is 1. The van der Waals surface area contributed by atoms with E-state index in [1.54, 1.807) is 11.3 Å². The number of carbonyl (C=O) groups excluding carboxylic acids is 1. The van der Waals surface area contributed by atoms with Crippen LogP contribution in [0.1, 0.15) is 44.2 Å². The average Bonchev–Trinajstić information content (AvgIpc) is 2.68. The Labute approximate surface area is 132 Å². The summed E-state index contributed by atoms with van der Waals surface area (Å²) < 4.78 is 0.834. The van der Waals surface area contributed by atoms with Gasteiger partial charge in [0, 0.05) is 14.2 Å². The lowest BCUT2D eigenvalue weighted by Gasteiger charge is -2.15. The van der Waals surface area contributed by atoms with Crippen LogP contribution in [0.4, 0.5) is 0 Å². The van der Waals surface area contributed by atoms with Gasteiger partial charge in [0.1, 0.15) is 0 Å². The highest BCUT2D eigenvalue weighted by Gasteiger charge is 2.16. The van der Waals surface area contributed by atoms with E-state index in [1.165, 1.54) is 15.3 Å². The van der Waals surface area contributed by atoms with Gasteiger partial charge in [0.15, 0.2) is 0 Å². The van der Waals surface area contributed by atoms with Crippen molar-refractivity contribution in [3.63, 3.8) is 0 Å². The Morgan fingerprint density at radius 2 is 1.95 bits per heavy atom. The minimum Gasteiger partial charge on any atom is -0.345 e. The lowest BCUT2D eigenvalue weighted by molar-refractivity contribution is 0.0939. The van der Waals surface area contributed by atoms with Crippen LogP contribution < -0.4 is 5.32 Å². The predicted octanol–water partition coefficient (Wildman–Crippen LogP) is 4.93. The van der Waals surface area contributed by atoms with E-state index < -0.39 is 0 Å². The molecule has 2 rings (SSSR count). The van der Waals surface area contributed by atoms with Crippen LogP contribution >= 0.6 is 27.3 Å². The highest BCUT2D eigenvalue weighted by atomic mass is 79.9. The van der Waals surface area contributed by atoms with E-state index >= 15 is 0 Å². The number of amides is 1. The summed E-state index contributed by atoms with van der Waals surface area (Å²) in [6, 6.07) is 7.92. The van der Waals surface area contributed by atoms with E-state index in [0.29, 0.717) is 5.56 Å². The first-order chi connectivity index (χ1) is 9.38. The van der Waals surface area contributed by atoms with E-state index in [9.17, 15) is 4.79 Å². The SMILES string of the molecule is Cc1ccc(C(=O)NC(C)c2cc(C)sc2C)c(Br)c1. The molecule has 0 saturated heterocycles. The molecule has 20 heavy (non-hydrogen) atoms. The highest BCUT2D eigenvalue weighted by molar-refractivity contribution is 9.10. The van der Waals surface area contributed by atoms with Gasteiger partial charge < -0.3 is 5.32 Å². The number of carbonyl (C=O) groups is 1. The largest absolute Gasteiger partial charge is 0.345 e. The van der Waals surface area contributed by atoms with Crippen LogP contribution in [0, 0.1) is 20.8 Å². The summed E-state index contributed by atoms with van der Waals surface area (Å²) in [6.45, 7) is 8.21. The molecule has 1 unspecified atom stereocenters. The summed E-state index contributed by atoms with van der Waals surface area (Å²) in [6.07, 6.45) is 0. The number of thiophene rings is 1. The number of hydrogen-bond acceptors (Lipinski definition) is 2. The monoisotopic (exact) mass is 351 g/mol. The third-order valence-electron chi connectivity index (χ3n) is 3.26. The zero-order chi connectivity index (χ0) is 14.9. The molecule has 1 N–H and O–H groups in total. The van der Waals surface area contributed by atoms with Crippen LogP contribution in [0.2, 0.25) is 0 Å². The van der Waals surface area contributed by atoms with Gasteiger partial charge in [-0.15, -0.1) is 11.3 Å². The molecule has 2 nitrogen and oxygen atoms in total. The molecule has 0 spiro atoms. The van der Waals surface area contributed by atoms with E-state index in [0.717, 1.165) is 10.0 Å². The first-order valence-corrected chi connectivity index (χ1v) is 8.13. The molecular formula is C16H18BrNOS. The van der Waals surface area contributed by atoms with Crippen LogP contribution in [-0.2, 0) is 0 Å². The van der Waals surface area contributed by atoms with Crippen LogP contribution in [-0.4, -0.2) is 5.91 Å². The smallest absolute Gasteiger partial charge is 0.252 e. The second-order valence-electron chi connectivity index (χ2n) is 5.05. The Morgan fingerprint density at radius 1 is 1.25 bits per heavy atom. The molecular weight excluding hydrogens is 334 g/mol. The average molecular weight is 352 g/mol. The molecule has 0 saturated carbocycles. The fourth-order valence-corrected chi connectivity index (χ4v) is 3.93. The van der Waals surface area contributed by atoms with Crippen molar-refractivity contribution in [3.8, 4) is 0 Å². The fraction of sp³-hybridized carbons (Fsp3) is 0.312. The fourth-order valence-electron chi connectivity index (χ4n) is 2.24. The third kappa shape index (κ3) is 3.30. The van der Waals surface area contributed by atoms with E-state index in [-0.39, 0.29) is 11.9 Å². The molecule has 0 aliphatic heterocycles. The summed E-state index contributed by atoms with van der Waals surface area (Å²) in [7, 11) is 0. The zero-order valence-electron chi connectivity index (χ0n) is 12.1. The van der Waals surface area contributed by atoms with Gasteiger partial charge in [-0.05, 0) is 73.0 Å². The second-order valence-corrected chi connectivity index (χ2v) is 7.36. The van der Waals surface area contributed by atoms with Crippen molar-refractivity contribution in [2.24, 2.45) is 0 Å². The molecule has 0 aliphatic carbocycles. The lowest BCUT2D eigenvalue weighted by atomic mass is 10.1. The Morgan fingerprint density at radius 3 is 2.50 bits per heavy atom. The van der Waals surface area contributed by atoms with Crippen LogP contribution in [0.25, 0.3) is 0 Å². The Bertz CT molecular complexity index is 648. The molecule has 1 amide bonds. The normalized spacial score (nSPS) is 12.2. The van der Waals surface area contributed by atoms with Gasteiger partial charge in [-0.25, -0.2) is 0 Å². The second kappa shape index (κ2) is 6.10. The Hall–Kier alpha value is -1.13. The van der Waals surface area contributed by atoms with E-state index in [1.807, 2.05) is 32.0 Å². The lowest BCUT2D eigenvalue weighted by Crippen LogP contribution is -2.27. The van der Waals surface area contributed by atoms with E-state index in [2.05, 4.69) is 41.2 Å². The topological polar surface area (TPSA) is 29.1 Å². The van der Waals surface area contributed by atoms with Crippen LogP contribution in [0.3, 0.4) is 0 Å². The van der Waals surface area contributed by atoms with Crippen LogP contribution in [0.5, 0.6) is 0 Å². The summed E-state index contributed by atoms with van der Waals surface area (Å²) in [5, 5.41) is 3.06. The number of nitrogens with one attached hydrogen (secondary N) is 1. The van der Waals surface area contributed by atoms with Crippen molar-refractivity contribution in [2.45, 2.75) is 33.7 Å².